The minimum atomic E-state index is -4.56. The molecule has 1 spiro atoms. The molecule has 0 bridgehead atoms. The molecule has 1 aliphatic heterocycles. The van der Waals surface area contributed by atoms with E-state index < -0.39 is 28.8 Å². The largest absolute Gasteiger partial charge is 0.417 e. The average molecular weight is 504 g/mol. The molecule has 6 nitrogen and oxygen atoms in total. The Kier molecular flexibility index (Phi) is 7.05. The van der Waals surface area contributed by atoms with Gasteiger partial charge in [-0.05, 0) is 87.3 Å². The topological polar surface area (TPSA) is 96.9 Å². The van der Waals surface area contributed by atoms with Crippen molar-refractivity contribution in [1.29, 1.82) is 0 Å². The van der Waals surface area contributed by atoms with Crippen LogP contribution in [0.25, 0.3) is 11.1 Å². The highest BCUT2D eigenvalue weighted by Gasteiger charge is 2.42. The van der Waals surface area contributed by atoms with Gasteiger partial charge in [0.25, 0.3) is 5.91 Å². The standard InChI is InChI=1S/C27H32F3N3O3/c1-25(2,35)13-10-17-14-18(19-8-4-5-9-20(19)27(28,29)30)15-21(23(17)31)32-24(34)22-16-26(36-33-22)11-6-3-7-12-26/h4-5,8-9,14-15,35H,3,6-7,10-13,16,31H2,1-2H3,(H,32,34). The van der Waals surface area contributed by atoms with Crippen molar-refractivity contribution < 1.29 is 27.9 Å². The van der Waals surface area contributed by atoms with Crippen molar-refractivity contribution in [1.82, 2.24) is 0 Å². The summed E-state index contributed by atoms with van der Waals surface area (Å²) in [6.45, 7) is 3.29. The lowest BCUT2D eigenvalue weighted by Gasteiger charge is -2.30. The Balaban J connectivity index is 1.68. The number of alkyl halides is 3. The van der Waals surface area contributed by atoms with Gasteiger partial charge in [-0.15, -0.1) is 0 Å². The SMILES string of the molecule is CC(C)(O)CCc1cc(-c2ccccc2C(F)(F)F)cc(NC(=O)C2=NOC3(CCCCC3)C2)c1N. The van der Waals surface area contributed by atoms with Crippen LogP contribution in [0.15, 0.2) is 41.6 Å². The molecule has 2 aliphatic rings. The number of nitrogens with zero attached hydrogens (tertiary/aromatic N) is 1. The lowest BCUT2D eigenvalue weighted by atomic mass is 9.81. The highest BCUT2D eigenvalue weighted by Crippen LogP contribution is 2.41. The van der Waals surface area contributed by atoms with Crippen LogP contribution in [0.3, 0.4) is 0 Å². The maximum absolute atomic E-state index is 13.7. The van der Waals surface area contributed by atoms with Crippen LogP contribution in [0.1, 0.15) is 69.9 Å². The van der Waals surface area contributed by atoms with E-state index in [1.165, 1.54) is 24.3 Å². The predicted molar refractivity (Wildman–Crippen MR) is 133 cm³/mol. The predicted octanol–water partition coefficient (Wildman–Crippen LogP) is 6.08. The Hall–Kier alpha value is -3.07. The number of aliphatic hydroxyl groups is 1. The minimum absolute atomic E-state index is 0.0206. The number of hydrogen-bond donors (Lipinski definition) is 3. The Morgan fingerprint density at radius 3 is 2.53 bits per heavy atom. The van der Waals surface area contributed by atoms with Crippen molar-refractivity contribution in [3.63, 3.8) is 0 Å². The molecule has 194 valence electrons. The highest BCUT2D eigenvalue weighted by molar-refractivity contribution is 6.43. The minimum Gasteiger partial charge on any atom is -0.397 e. The number of rotatable bonds is 6. The third-order valence-corrected chi connectivity index (χ3v) is 6.93. The van der Waals surface area contributed by atoms with E-state index in [0.717, 1.165) is 38.2 Å². The summed E-state index contributed by atoms with van der Waals surface area (Å²) in [6.07, 6.45) is 1.31. The van der Waals surface area contributed by atoms with Gasteiger partial charge < -0.3 is 21.0 Å². The van der Waals surface area contributed by atoms with Crippen LogP contribution in [0.5, 0.6) is 0 Å². The van der Waals surface area contributed by atoms with Crippen molar-refractivity contribution in [2.45, 2.75) is 82.6 Å². The van der Waals surface area contributed by atoms with E-state index in [0.29, 0.717) is 24.8 Å². The molecule has 0 atom stereocenters. The quantitative estimate of drug-likeness (QED) is 0.417. The van der Waals surface area contributed by atoms with Crippen LogP contribution in [-0.4, -0.2) is 27.9 Å². The molecule has 0 unspecified atom stereocenters. The van der Waals surface area contributed by atoms with Gasteiger partial charge in [0.15, 0.2) is 0 Å². The molecule has 1 fully saturated rings. The molecule has 0 saturated heterocycles. The molecular weight excluding hydrogens is 471 g/mol. The highest BCUT2D eigenvalue weighted by atomic mass is 19.4. The molecule has 2 aromatic carbocycles. The number of hydrogen-bond acceptors (Lipinski definition) is 5. The molecule has 1 saturated carbocycles. The lowest BCUT2D eigenvalue weighted by Crippen LogP contribution is -2.34. The van der Waals surface area contributed by atoms with E-state index >= 15 is 0 Å². The van der Waals surface area contributed by atoms with Gasteiger partial charge in [0.05, 0.1) is 22.5 Å². The summed E-state index contributed by atoms with van der Waals surface area (Å²) < 4.78 is 41.2. The number of halogens is 3. The van der Waals surface area contributed by atoms with Gasteiger partial charge in [0.2, 0.25) is 0 Å². The van der Waals surface area contributed by atoms with Gasteiger partial charge >= 0.3 is 6.18 Å². The first-order valence-electron chi connectivity index (χ1n) is 12.2. The third-order valence-electron chi connectivity index (χ3n) is 6.93. The van der Waals surface area contributed by atoms with Gasteiger partial charge in [-0.25, -0.2) is 0 Å². The van der Waals surface area contributed by atoms with Crippen molar-refractivity contribution in [2.75, 3.05) is 11.1 Å². The summed E-state index contributed by atoms with van der Waals surface area (Å²) in [6, 6.07) is 8.33. The van der Waals surface area contributed by atoms with Crippen molar-refractivity contribution in [3.8, 4) is 11.1 Å². The van der Waals surface area contributed by atoms with E-state index in [2.05, 4.69) is 10.5 Å². The molecule has 4 N–H and O–H groups in total. The monoisotopic (exact) mass is 503 g/mol. The van der Waals surface area contributed by atoms with E-state index in [4.69, 9.17) is 10.6 Å². The molecule has 2 aromatic rings. The summed E-state index contributed by atoms with van der Waals surface area (Å²) in [7, 11) is 0. The van der Waals surface area contributed by atoms with Crippen LogP contribution in [-0.2, 0) is 22.2 Å². The molecule has 1 amide bonds. The van der Waals surface area contributed by atoms with Gasteiger partial charge in [-0.3, -0.25) is 4.79 Å². The number of anilines is 2. The second-order valence-corrected chi connectivity index (χ2v) is 10.5. The van der Waals surface area contributed by atoms with Crippen molar-refractivity contribution in [3.05, 3.63) is 47.5 Å². The number of aryl methyl sites for hydroxylation is 1. The first kappa shape index (κ1) is 26.0. The Morgan fingerprint density at radius 1 is 1.17 bits per heavy atom. The second-order valence-electron chi connectivity index (χ2n) is 10.5. The van der Waals surface area contributed by atoms with E-state index in [9.17, 15) is 23.1 Å². The van der Waals surface area contributed by atoms with Crippen molar-refractivity contribution in [2.24, 2.45) is 5.16 Å². The Morgan fingerprint density at radius 2 is 1.86 bits per heavy atom. The molecule has 1 aliphatic carbocycles. The normalized spacial score (nSPS) is 17.6. The average Bonchev–Trinajstić information content (AvgIpc) is 3.22. The molecule has 1 heterocycles. The Bertz CT molecular complexity index is 1160. The number of nitrogens with one attached hydrogen (secondary N) is 1. The summed E-state index contributed by atoms with van der Waals surface area (Å²) in [5, 5.41) is 17.0. The van der Waals surface area contributed by atoms with Gasteiger partial charge in [0.1, 0.15) is 11.3 Å². The first-order chi connectivity index (χ1) is 16.9. The van der Waals surface area contributed by atoms with Crippen LogP contribution < -0.4 is 11.1 Å². The molecule has 0 aromatic heterocycles. The smallest absolute Gasteiger partial charge is 0.397 e. The number of carbonyl (C=O) groups is 1. The number of nitrogen functional groups attached to an aromatic ring is 1. The third kappa shape index (κ3) is 5.83. The summed E-state index contributed by atoms with van der Waals surface area (Å²) in [4.78, 5) is 18.8. The molecule has 0 radical (unpaired) electrons. The fourth-order valence-corrected chi connectivity index (χ4v) is 4.90. The fourth-order valence-electron chi connectivity index (χ4n) is 4.90. The van der Waals surface area contributed by atoms with Crippen LogP contribution >= 0.6 is 0 Å². The molecular formula is C27H32F3N3O3. The Labute approximate surface area is 208 Å². The van der Waals surface area contributed by atoms with Crippen LogP contribution in [0.2, 0.25) is 0 Å². The zero-order chi connectivity index (χ0) is 26.1. The maximum atomic E-state index is 13.7. The zero-order valence-corrected chi connectivity index (χ0v) is 20.5. The lowest BCUT2D eigenvalue weighted by molar-refractivity contribution is -0.137. The fraction of sp³-hybridized carbons (Fsp3) is 0.481. The summed E-state index contributed by atoms with van der Waals surface area (Å²) in [5.74, 6) is -0.487. The van der Waals surface area contributed by atoms with Gasteiger partial charge in [0, 0.05) is 6.42 Å². The van der Waals surface area contributed by atoms with Gasteiger partial charge in [-0.1, -0.05) is 29.8 Å². The van der Waals surface area contributed by atoms with Gasteiger partial charge in [-0.2, -0.15) is 13.2 Å². The van der Waals surface area contributed by atoms with Crippen molar-refractivity contribution >= 4 is 23.0 Å². The van der Waals surface area contributed by atoms with E-state index in [1.807, 2.05) is 0 Å². The maximum Gasteiger partial charge on any atom is 0.417 e. The number of oxime groups is 1. The first-order valence-corrected chi connectivity index (χ1v) is 12.2. The summed E-state index contributed by atoms with van der Waals surface area (Å²) >= 11 is 0. The zero-order valence-electron chi connectivity index (χ0n) is 20.5. The van der Waals surface area contributed by atoms with Crippen LogP contribution in [0.4, 0.5) is 24.5 Å². The molecule has 9 heteroatoms. The summed E-state index contributed by atoms with van der Waals surface area (Å²) in [5.41, 5.74) is 5.63. The molecule has 4 rings (SSSR count). The number of carbonyl (C=O) groups excluding carboxylic acids is 1. The van der Waals surface area contributed by atoms with E-state index in [1.54, 1.807) is 19.9 Å². The van der Waals surface area contributed by atoms with E-state index in [-0.39, 0.29) is 28.2 Å². The number of benzene rings is 2. The molecule has 36 heavy (non-hydrogen) atoms. The van der Waals surface area contributed by atoms with Crippen LogP contribution in [0, 0.1) is 0 Å². The number of nitrogens with two attached hydrogens (primary N) is 1. The second kappa shape index (κ2) is 9.76. The number of amides is 1.